The van der Waals surface area contributed by atoms with Gasteiger partial charge in [0.05, 0.1) is 7.11 Å². The molecule has 1 heterocycles. The van der Waals surface area contributed by atoms with E-state index in [1.165, 1.54) is 6.42 Å². The molecule has 4 nitrogen and oxygen atoms in total. The van der Waals surface area contributed by atoms with E-state index in [0.717, 1.165) is 30.8 Å². The number of para-hydroxylation sites is 1. The summed E-state index contributed by atoms with van der Waals surface area (Å²) in [5.74, 6) is 2.06. The smallest absolute Gasteiger partial charge is 0.317 e. The molecule has 1 saturated heterocycles. The number of benzene rings is 1. The first-order valence-electron chi connectivity index (χ1n) is 7.74. The molecule has 2 rings (SSSR count). The highest BCUT2D eigenvalue weighted by molar-refractivity contribution is 5.74. The zero-order valence-electron chi connectivity index (χ0n) is 13.3. The molecule has 0 bridgehead atoms. The number of hydrogen-bond donors (Lipinski definition) is 1. The third-order valence-electron chi connectivity index (χ3n) is 4.02. The fraction of sp³-hybridized carbons (Fsp3) is 0.588. The molecule has 1 fully saturated rings. The van der Waals surface area contributed by atoms with Crippen LogP contribution >= 0.6 is 0 Å². The highest BCUT2D eigenvalue weighted by atomic mass is 16.5. The second-order valence-corrected chi connectivity index (χ2v) is 6.14. The Morgan fingerprint density at radius 1 is 1.29 bits per heavy atom. The predicted octanol–water partition coefficient (Wildman–Crippen LogP) is 2.93. The van der Waals surface area contributed by atoms with E-state index in [-0.39, 0.29) is 6.03 Å². The number of amides is 2. The van der Waals surface area contributed by atoms with Crippen LogP contribution in [0.15, 0.2) is 24.3 Å². The van der Waals surface area contributed by atoms with Crippen molar-refractivity contribution in [1.29, 1.82) is 0 Å². The van der Waals surface area contributed by atoms with Crippen molar-refractivity contribution >= 4 is 6.03 Å². The lowest BCUT2D eigenvalue weighted by Gasteiger charge is -2.34. The monoisotopic (exact) mass is 290 g/mol. The molecule has 1 aliphatic heterocycles. The first-order valence-corrected chi connectivity index (χ1v) is 7.74. The summed E-state index contributed by atoms with van der Waals surface area (Å²) < 4.78 is 5.32. The van der Waals surface area contributed by atoms with Gasteiger partial charge in [0.1, 0.15) is 5.75 Å². The highest BCUT2D eigenvalue weighted by Gasteiger charge is 2.24. The Bertz CT molecular complexity index is 466. The van der Waals surface area contributed by atoms with Crippen LogP contribution in [-0.2, 0) is 6.42 Å². The average molecular weight is 290 g/mol. The van der Waals surface area contributed by atoms with Crippen LogP contribution in [0.4, 0.5) is 4.79 Å². The number of piperidine rings is 1. The number of nitrogens with one attached hydrogen (secondary N) is 1. The fourth-order valence-electron chi connectivity index (χ4n) is 3.15. The van der Waals surface area contributed by atoms with Gasteiger partial charge >= 0.3 is 6.03 Å². The summed E-state index contributed by atoms with van der Waals surface area (Å²) in [6, 6.07) is 8.00. The molecule has 1 N–H and O–H groups in total. The number of carbonyl (C=O) groups excluding carboxylic acids is 1. The van der Waals surface area contributed by atoms with Crippen molar-refractivity contribution in [1.82, 2.24) is 10.2 Å². The van der Waals surface area contributed by atoms with Gasteiger partial charge in [-0.05, 0) is 36.3 Å². The number of likely N-dealkylation sites (tertiary alicyclic amines) is 1. The third-order valence-corrected chi connectivity index (χ3v) is 4.02. The molecule has 0 spiro atoms. The molecule has 0 aliphatic carbocycles. The Morgan fingerprint density at radius 2 is 1.95 bits per heavy atom. The van der Waals surface area contributed by atoms with Crippen LogP contribution in [0.2, 0.25) is 0 Å². The van der Waals surface area contributed by atoms with Crippen LogP contribution in [0, 0.1) is 11.8 Å². The van der Waals surface area contributed by atoms with E-state index in [1.807, 2.05) is 29.2 Å². The van der Waals surface area contributed by atoms with E-state index in [1.54, 1.807) is 7.11 Å². The third kappa shape index (κ3) is 4.38. The Balaban J connectivity index is 1.81. The van der Waals surface area contributed by atoms with E-state index in [0.29, 0.717) is 18.4 Å². The minimum atomic E-state index is 0.0586. The standard InChI is InChI=1S/C17H26N2O2/c1-13-10-14(2)12-19(11-13)17(20)18-9-8-15-6-4-5-7-16(15)21-3/h4-7,13-14H,8-12H2,1-3H3,(H,18,20). The lowest BCUT2D eigenvalue weighted by molar-refractivity contribution is 0.146. The number of nitrogens with zero attached hydrogens (tertiary/aromatic N) is 1. The van der Waals surface area contributed by atoms with Gasteiger partial charge in [0, 0.05) is 19.6 Å². The first kappa shape index (κ1) is 15.7. The fourth-order valence-corrected chi connectivity index (χ4v) is 3.15. The molecule has 2 amide bonds. The molecule has 1 aromatic carbocycles. The second-order valence-electron chi connectivity index (χ2n) is 6.14. The van der Waals surface area contributed by atoms with Gasteiger partial charge in [0.2, 0.25) is 0 Å². The topological polar surface area (TPSA) is 41.6 Å². The summed E-state index contributed by atoms with van der Waals surface area (Å²) in [4.78, 5) is 14.2. The van der Waals surface area contributed by atoms with Crippen molar-refractivity contribution in [2.75, 3.05) is 26.7 Å². The SMILES string of the molecule is COc1ccccc1CCNC(=O)N1CC(C)CC(C)C1. The summed E-state index contributed by atoms with van der Waals surface area (Å²) in [5, 5.41) is 3.02. The number of rotatable bonds is 4. The normalized spacial score (nSPS) is 22.0. The molecule has 0 saturated carbocycles. The van der Waals surface area contributed by atoms with Crippen LogP contribution in [-0.4, -0.2) is 37.7 Å². The van der Waals surface area contributed by atoms with Gasteiger partial charge in [0.25, 0.3) is 0 Å². The molecule has 4 heteroatoms. The van der Waals surface area contributed by atoms with Crippen molar-refractivity contribution in [2.45, 2.75) is 26.7 Å². The average Bonchev–Trinajstić information content (AvgIpc) is 2.46. The Kier molecular flexibility index (Phi) is 5.48. The maximum absolute atomic E-state index is 12.2. The number of hydrogen-bond acceptors (Lipinski definition) is 2. The molecular formula is C17H26N2O2. The molecule has 2 unspecified atom stereocenters. The highest BCUT2D eigenvalue weighted by Crippen LogP contribution is 2.21. The van der Waals surface area contributed by atoms with Crippen molar-refractivity contribution in [3.05, 3.63) is 29.8 Å². The molecule has 0 radical (unpaired) electrons. The van der Waals surface area contributed by atoms with Crippen LogP contribution in [0.3, 0.4) is 0 Å². The molecule has 2 atom stereocenters. The zero-order valence-corrected chi connectivity index (χ0v) is 13.3. The van der Waals surface area contributed by atoms with Crippen LogP contribution < -0.4 is 10.1 Å². The molecule has 1 aliphatic rings. The Morgan fingerprint density at radius 3 is 2.62 bits per heavy atom. The van der Waals surface area contributed by atoms with Crippen molar-refractivity contribution < 1.29 is 9.53 Å². The first-order chi connectivity index (χ1) is 10.1. The van der Waals surface area contributed by atoms with Gasteiger partial charge < -0.3 is 15.0 Å². The zero-order chi connectivity index (χ0) is 15.2. The summed E-state index contributed by atoms with van der Waals surface area (Å²) >= 11 is 0. The van der Waals surface area contributed by atoms with Gasteiger partial charge in [-0.25, -0.2) is 4.79 Å². The number of ether oxygens (including phenoxy) is 1. The number of carbonyl (C=O) groups is 1. The van der Waals surface area contributed by atoms with Crippen LogP contribution in [0.5, 0.6) is 5.75 Å². The predicted molar refractivity (Wildman–Crippen MR) is 84.6 cm³/mol. The molecular weight excluding hydrogens is 264 g/mol. The molecule has 21 heavy (non-hydrogen) atoms. The van der Waals surface area contributed by atoms with Gasteiger partial charge in [-0.2, -0.15) is 0 Å². The van der Waals surface area contributed by atoms with Gasteiger partial charge in [-0.15, -0.1) is 0 Å². The largest absolute Gasteiger partial charge is 0.496 e. The van der Waals surface area contributed by atoms with Crippen molar-refractivity contribution in [3.63, 3.8) is 0 Å². The number of urea groups is 1. The van der Waals surface area contributed by atoms with Gasteiger partial charge in [-0.3, -0.25) is 0 Å². The molecule has 116 valence electrons. The van der Waals surface area contributed by atoms with Crippen LogP contribution in [0.25, 0.3) is 0 Å². The minimum Gasteiger partial charge on any atom is -0.496 e. The van der Waals surface area contributed by atoms with Gasteiger partial charge in [-0.1, -0.05) is 32.0 Å². The second kappa shape index (κ2) is 7.34. The maximum Gasteiger partial charge on any atom is 0.317 e. The summed E-state index contributed by atoms with van der Waals surface area (Å²) in [5.41, 5.74) is 1.13. The van der Waals surface area contributed by atoms with Gasteiger partial charge in [0.15, 0.2) is 0 Å². The summed E-state index contributed by atoms with van der Waals surface area (Å²) in [6.45, 7) is 6.80. The van der Waals surface area contributed by atoms with E-state index in [2.05, 4.69) is 19.2 Å². The quantitative estimate of drug-likeness (QED) is 0.926. The van der Waals surface area contributed by atoms with E-state index in [4.69, 9.17) is 4.74 Å². The summed E-state index contributed by atoms with van der Waals surface area (Å²) in [6.07, 6.45) is 2.00. The van der Waals surface area contributed by atoms with E-state index >= 15 is 0 Å². The Hall–Kier alpha value is -1.71. The molecule has 0 aromatic heterocycles. The van der Waals surface area contributed by atoms with E-state index in [9.17, 15) is 4.79 Å². The number of methoxy groups -OCH3 is 1. The van der Waals surface area contributed by atoms with E-state index < -0.39 is 0 Å². The van der Waals surface area contributed by atoms with Crippen molar-refractivity contribution in [2.24, 2.45) is 11.8 Å². The van der Waals surface area contributed by atoms with Crippen LogP contribution in [0.1, 0.15) is 25.8 Å². The lowest BCUT2D eigenvalue weighted by Crippen LogP contribution is -2.47. The summed E-state index contributed by atoms with van der Waals surface area (Å²) in [7, 11) is 1.67. The Labute approximate surface area is 127 Å². The van der Waals surface area contributed by atoms with Crippen molar-refractivity contribution in [3.8, 4) is 5.75 Å². The maximum atomic E-state index is 12.2. The lowest BCUT2D eigenvalue weighted by atomic mass is 9.92. The molecule has 1 aromatic rings. The minimum absolute atomic E-state index is 0.0586.